The molecule has 0 aliphatic carbocycles. The minimum Gasteiger partial charge on any atom is -0.347 e. The molecular weight excluding hydrogens is 278 g/mol. The van der Waals surface area contributed by atoms with Crippen LogP contribution in [0.2, 0.25) is 0 Å². The van der Waals surface area contributed by atoms with Crippen LogP contribution in [0.5, 0.6) is 0 Å². The van der Waals surface area contributed by atoms with Crippen molar-refractivity contribution in [3.63, 3.8) is 0 Å². The van der Waals surface area contributed by atoms with Gasteiger partial charge in [0, 0.05) is 31.9 Å². The zero-order valence-electron chi connectivity index (χ0n) is 13.8. The fraction of sp³-hybridized carbons (Fsp3) is 0.562. The highest BCUT2D eigenvalue weighted by Crippen LogP contribution is 2.09. The highest BCUT2D eigenvalue weighted by atomic mass is 16.2. The van der Waals surface area contributed by atoms with Crippen LogP contribution in [-0.4, -0.2) is 25.5 Å². The van der Waals surface area contributed by atoms with Gasteiger partial charge >= 0.3 is 0 Å². The molecule has 2 aromatic rings. The first kappa shape index (κ1) is 16.3. The Morgan fingerprint density at radius 2 is 2.18 bits per heavy atom. The van der Waals surface area contributed by atoms with Gasteiger partial charge in [0.15, 0.2) is 0 Å². The Labute approximate surface area is 131 Å². The molecule has 0 atom stereocenters. The van der Waals surface area contributed by atoms with E-state index in [9.17, 15) is 4.79 Å². The Bertz CT molecular complexity index is 626. The second-order valence-corrected chi connectivity index (χ2v) is 6.04. The Kier molecular flexibility index (Phi) is 5.35. The van der Waals surface area contributed by atoms with Gasteiger partial charge in [0.05, 0.1) is 11.9 Å². The number of aromatic nitrogens is 4. The van der Waals surface area contributed by atoms with E-state index in [0.29, 0.717) is 18.2 Å². The van der Waals surface area contributed by atoms with Crippen LogP contribution in [-0.2, 0) is 26.6 Å². The quantitative estimate of drug-likeness (QED) is 0.852. The van der Waals surface area contributed by atoms with Gasteiger partial charge in [-0.2, -0.15) is 10.2 Å². The van der Waals surface area contributed by atoms with E-state index in [1.54, 1.807) is 17.9 Å². The maximum atomic E-state index is 12.3. The van der Waals surface area contributed by atoms with Crippen LogP contribution in [0.1, 0.15) is 48.9 Å². The zero-order chi connectivity index (χ0) is 16.1. The van der Waals surface area contributed by atoms with E-state index in [1.807, 2.05) is 16.9 Å². The van der Waals surface area contributed by atoms with Crippen molar-refractivity contribution in [2.24, 2.45) is 13.0 Å². The fourth-order valence-corrected chi connectivity index (χ4v) is 2.38. The molecule has 0 saturated carbocycles. The highest BCUT2D eigenvalue weighted by molar-refractivity contribution is 5.92. The molecule has 0 radical (unpaired) electrons. The lowest BCUT2D eigenvalue weighted by Crippen LogP contribution is -2.24. The molecule has 0 fully saturated rings. The third-order valence-electron chi connectivity index (χ3n) is 3.37. The lowest BCUT2D eigenvalue weighted by molar-refractivity contribution is 0.0941. The Morgan fingerprint density at radius 3 is 2.86 bits per heavy atom. The van der Waals surface area contributed by atoms with Crippen LogP contribution in [0.15, 0.2) is 18.5 Å². The minimum absolute atomic E-state index is 0.103. The summed E-state index contributed by atoms with van der Waals surface area (Å²) in [5, 5.41) is 11.6. The molecule has 1 amide bonds. The molecule has 22 heavy (non-hydrogen) atoms. The first-order chi connectivity index (χ1) is 10.5. The second-order valence-electron chi connectivity index (χ2n) is 6.04. The van der Waals surface area contributed by atoms with Crippen molar-refractivity contribution in [3.8, 4) is 0 Å². The van der Waals surface area contributed by atoms with Crippen molar-refractivity contribution in [2.75, 3.05) is 0 Å². The summed E-state index contributed by atoms with van der Waals surface area (Å²) in [6.45, 7) is 7.77. The van der Waals surface area contributed by atoms with Gasteiger partial charge < -0.3 is 5.32 Å². The van der Waals surface area contributed by atoms with Gasteiger partial charge in [-0.3, -0.25) is 14.2 Å². The summed E-state index contributed by atoms with van der Waals surface area (Å²) in [5.74, 6) is 0.420. The standard InChI is InChI=1S/C16H25N5O/c1-5-6-21-11-13(10-18-21)9-17-16(22)15-8-14(7-12(2)3)19-20(15)4/h8,10-12H,5-7,9H2,1-4H3,(H,17,22). The summed E-state index contributed by atoms with van der Waals surface area (Å²) >= 11 is 0. The smallest absolute Gasteiger partial charge is 0.269 e. The van der Waals surface area contributed by atoms with E-state index >= 15 is 0 Å². The van der Waals surface area contributed by atoms with Crippen LogP contribution < -0.4 is 5.32 Å². The van der Waals surface area contributed by atoms with Crippen molar-refractivity contribution < 1.29 is 4.79 Å². The Hall–Kier alpha value is -2.11. The molecule has 0 unspecified atom stereocenters. The number of carbonyl (C=O) groups is 1. The summed E-state index contributed by atoms with van der Waals surface area (Å²) in [6.07, 6.45) is 5.69. The lowest BCUT2D eigenvalue weighted by Gasteiger charge is -2.03. The number of hydrogen-bond donors (Lipinski definition) is 1. The molecule has 0 aromatic carbocycles. The van der Waals surface area contributed by atoms with Crippen LogP contribution in [0, 0.1) is 5.92 Å². The van der Waals surface area contributed by atoms with E-state index in [4.69, 9.17) is 0 Å². The number of carbonyl (C=O) groups excluding carboxylic acids is 1. The largest absolute Gasteiger partial charge is 0.347 e. The summed E-state index contributed by atoms with van der Waals surface area (Å²) < 4.78 is 3.54. The highest BCUT2D eigenvalue weighted by Gasteiger charge is 2.14. The fourth-order valence-electron chi connectivity index (χ4n) is 2.38. The van der Waals surface area contributed by atoms with Gasteiger partial charge in [-0.15, -0.1) is 0 Å². The van der Waals surface area contributed by atoms with Crippen molar-refractivity contribution in [3.05, 3.63) is 35.4 Å². The molecular formula is C16H25N5O. The number of hydrogen-bond acceptors (Lipinski definition) is 3. The lowest BCUT2D eigenvalue weighted by atomic mass is 10.1. The maximum Gasteiger partial charge on any atom is 0.269 e. The number of nitrogens with zero attached hydrogens (tertiary/aromatic N) is 4. The molecule has 0 spiro atoms. The number of nitrogens with one attached hydrogen (secondary N) is 1. The minimum atomic E-state index is -0.103. The Morgan fingerprint density at radius 1 is 1.41 bits per heavy atom. The first-order valence-electron chi connectivity index (χ1n) is 7.82. The molecule has 0 saturated heterocycles. The average Bonchev–Trinajstić information content (AvgIpc) is 3.03. The molecule has 0 aliphatic rings. The monoisotopic (exact) mass is 303 g/mol. The summed E-state index contributed by atoms with van der Waals surface area (Å²) in [6, 6.07) is 1.87. The van der Waals surface area contributed by atoms with Crippen molar-refractivity contribution >= 4 is 5.91 Å². The van der Waals surface area contributed by atoms with Crippen LogP contribution in [0.4, 0.5) is 0 Å². The van der Waals surface area contributed by atoms with E-state index < -0.39 is 0 Å². The van der Waals surface area contributed by atoms with Gasteiger partial charge in [-0.1, -0.05) is 20.8 Å². The second kappa shape index (κ2) is 7.24. The molecule has 120 valence electrons. The van der Waals surface area contributed by atoms with E-state index in [-0.39, 0.29) is 5.91 Å². The average molecular weight is 303 g/mol. The van der Waals surface area contributed by atoms with E-state index in [0.717, 1.165) is 30.6 Å². The van der Waals surface area contributed by atoms with Gasteiger partial charge in [-0.05, 0) is 24.8 Å². The number of aryl methyl sites for hydroxylation is 2. The van der Waals surface area contributed by atoms with Crippen LogP contribution in [0.3, 0.4) is 0 Å². The van der Waals surface area contributed by atoms with Crippen LogP contribution >= 0.6 is 0 Å². The molecule has 6 heteroatoms. The van der Waals surface area contributed by atoms with E-state index in [1.165, 1.54) is 0 Å². The molecule has 0 aliphatic heterocycles. The molecule has 2 aromatic heterocycles. The predicted octanol–water partition coefficient (Wildman–Crippen LogP) is 2.16. The normalized spacial score (nSPS) is 11.1. The first-order valence-corrected chi connectivity index (χ1v) is 7.82. The molecule has 2 rings (SSSR count). The van der Waals surface area contributed by atoms with Gasteiger partial charge in [0.2, 0.25) is 0 Å². The summed E-state index contributed by atoms with van der Waals surface area (Å²) in [7, 11) is 1.80. The van der Waals surface area contributed by atoms with Gasteiger partial charge in [0.25, 0.3) is 5.91 Å². The third-order valence-corrected chi connectivity index (χ3v) is 3.37. The summed E-state index contributed by atoms with van der Waals surface area (Å²) in [4.78, 5) is 12.3. The van der Waals surface area contributed by atoms with Crippen molar-refractivity contribution in [1.29, 1.82) is 0 Å². The van der Waals surface area contributed by atoms with Gasteiger partial charge in [0.1, 0.15) is 5.69 Å². The topological polar surface area (TPSA) is 64.7 Å². The van der Waals surface area contributed by atoms with Crippen molar-refractivity contribution in [1.82, 2.24) is 24.9 Å². The molecule has 0 bridgehead atoms. The number of amides is 1. The summed E-state index contributed by atoms with van der Waals surface area (Å²) in [5.41, 5.74) is 2.56. The molecule has 1 N–H and O–H groups in total. The van der Waals surface area contributed by atoms with Gasteiger partial charge in [-0.25, -0.2) is 0 Å². The van der Waals surface area contributed by atoms with Crippen LogP contribution in [0.25, 0.3) is 0 Å². The predicted molar refractivity (Wildman–Crippen MR) is 85.4 cm³/mol. The number of rotatable bonds is 7. The Balaban J connectivity index is 1.95. The van der Waals surface area contributed by atoms with E-state index in [2.05, 4.69) is 36.3 Å². The third kappa shape index (κ3) is 4.19. The SMILES string of the molecule is CCCn1cc(CNC(=O)c2cc(CC(C)C)nn2C)cn1. The van der Waals surface area contributed by atoms with Crippen molar-refractivity contribution in [2.45, 2.75) is 46.7 Å². The molecule has 6 nitrogen and oxygen atoms in total. The zero-order valence-corrected chi connectivity index (χ0v) is 13.8. The molecule has 2 heterocycles. The maximum absolute atomic E-state index is 12.3.